The van der Waals surface area contributed by atoms with Crippen molar-refractivity contribution < 1.29 is 19.4 Å². The van der Waals surface area contributed by atoms with Crippen LogP contribution in [-0.2, 0) is 13.1 Å². The van der Waals surface area contributed by atoms with Gasteiger partial charge in [-0.25, -0.2) is 4.79 Å². The third-order valence-electron chi connectivity index (χ3n) is 4.89. The largest absolute Gasteiger partial charge is 0.497 e. The Kier molecular flexibility index (Phi) is 6.32. The third-order valence-corrected chi connectivity index (χ3v) is 4.89. The quantitative estimate of drug-likeness (QED) is 0.745. The zero-order valence-corrected chi connectivity index (χ0v) is 15.8. The molecule has 1 unspecified atom stereocenters. The van der Waals surface area contributed by atoms with Crippen LogP contribution in [0.1, 0.15) is 27.9 Å². The number of likely N-dealkylation sites (tertiary alicyclic amines) is 1. The molecule has 0 radical (unpaired) electrons. The van der Waals surface area contributed by atoms with Gasteiger partial charge >= 0.3 is 5.97 Å². The molecule has 2 aromatic rings. The van der Waals surface area contributed by atoms with E-state index in [2.05, 4.69) is 10.2 Å². The van der Waals surface area contributed by atoms with Crippen LogP contribution in [0.25, 0.3) is 0 Å². The SMILES string of the molecule is COc1cc(CN2CCC(NCc3ccc(C(=O)O)cc3)C2)cc(OC)c1. The zero-order valence-electron chi connectivity index (χ0n) is 15.8. The van der Waals surface area contributed by atoms with Crippen LogP contribution in [0, 0.1) is 0 Å². The standard InChI is InChI=1S/C21H26N2O4/c1-26-19-9-16(10-20(11-19)27-2)13-23-8-7-18(14-23)22-12-15-3-5-17(6-4-15)21(24)25/h3-6,9-11,18,22H,7-8,12-14H2,1-2H3,(H,24,25). The molecule has 0 aromatic heterocycles. The highest BCUT2D eigenvalue weighted by Gasteiger charge is 2.22. The van der Waals surface area contributed by atoms with E-state index in [4.69, 9.17) is 14.6 Å². The molecule has 1 saturated heterocycles. The van der Waals surface area contributed by atoms with Gasteiger partial charge in [-0.15, -0.1) is 0 Å². The van der Waals surface area contributed by atoms with Crippen LogP contribution < -0.4 is 14.8 Å². The van der Waals surface area contributed by atoms with Crippen molar-refractivity contribution in [3.05, 3.63) is 59.2 Å². The highest BCUT2D eigenvalue weighted by molar-refractivity contribution is 5.87. The van der Waals surface area contributed by atoms with Crippen molar-refractivity contribution in [3.8, 4) is 11.5 Å². The summed E-state index contributed by atoms with van der Waals surface area (Å²) < 4.78 is 10.7. The second kappa shape index (κ2) is 8.88. The van der Waals surface area contributed by atoms with Crippen molar-refractivity contribution in [2.24, 2.45) is 0 Å². The van der Waals surface area contributed by atoms with E-state index in [9.17, 15) is 4.79 Å². The highest BCUT2D eigenvalue weighted by atomic mass is 16.5. The summed E-state index contributed by atoms with van der Waals surface area (Å²) in [5.41, 5.74) is 2.59. The molecule has 1 aliphatic rings. The fraction of sp³-hybridized carbons (Fsp3) is 0.381. The van der Waals surface area contributed by atoms with E-state index < -0.39 is 5.97 Å². The van der Waals surface area contributed by atoms with Gasteiger partial charge in [-0.05, 0) is 41.8 Å². The summed E-state index contributed by atoms with van der Waals surface area (Å²) in [7, 11) is 3.33. The lowest BCUT2D eigenvalue weighted by atomic mass is 10.1. The topological polar surface area (TPSA) is 71.0 Å². The lowest BCUT2D eigenvalue weighted by Crippen LogP contribution is -2.32. The van der Waals surface area contributed by atoms with Gasteiger partial charge in [0.05, 0.1) is 19.8 Å². The maximum Gasteiger partial charge on any atom is 0.335 e. The van der Waals surface area contributed by atoms with Gasteiger partial charge in [-0.1, -0.05) is 12.1 Å². The maximum absolute atomic E-state index is 10.9. The van der Waals surface area contributed by atoms with Crippen LogP contribution in [0.15, 0.2) is 42.5 Å². The number of carbonyl (C=O) groups is 1. The third kappa shape index (κ3) is 5.21. The molecule has 3 rings (SSSR count). The molecule has 0 amide bonds. The summed E-state index contributed by atoms with van der Waals surface area (Å²) in [6.07, 6.45) is 1.09. The minimum absolute atomic E-state index is 0.319. The van der Waals surface area contributed by atoms with Gasteiger partial charge in [-0.3, -0.25) is 4.90 Å². The molecule has 1 fully saturated rings. The zero-order chi connectivity index (χ0) is 19.2. The highest BCUT2D eigenvalue weighted by Crippen LogP contribution is 2.24. The molecule has 6 heteroatoms. The normalized spacial score (nSPS) is 17.0. The van der Waals surface area contributed by atoms with Crippen molar-refractivity contribution in [3.63, 3.8) is 0 Å². The monoisotopic (exact) mass is 370 g/mol. The van der Waals surface area contributed by atoms with Gasteiger partial charge in [-0.2, -0.15) is 0 Å². The van der Waals surface area contributed by atoms with Crippen molar-refractivity contribution >= 4 is 5.97 Å². The first-order valence-electron chi connectivity index (χ1n) is 9.07. The number of benzene rings is 2. The molecule has 2 N–H and O–H groups in total. The molecule has 1 atom stereocenters. The van der Waals surface area contributed by atoms with E-state index in [1.54, 1.807) is 26.4 Å². The van der Waals surface area contributed by atoms with Crippen LogP contribution >= 0.6 is 0 Å². The molecule has 2 aromatic carbocycles. The van der Waals surface area contributed by atoms with Gasteiger partial charge in [0, 0.05) is 38.3 Å². The van der Waals surface area contributed by atoms with Gasteiger partial charge in [0.2, 0.25) is 0 Å². The number of ether oxygens (including phenoxy) is 2. The molecular formula is C21H26N2O4. The molecule has 1 heterocycles. The van der Waals surface area contributed by atoms with Crippen LogP contribution in [0.4, 0.5) is 0 Å². The van der Waals surface area contributed by atoms with Gasteiger partial charge in [0.15, 0.2) is 0 Å². The molecule has 0 bridgehead atoms. The van der Waals surface area contributed by atoms with E-state index in [0.717, 1.165) is 49.7 Å². The molecule has 0 spiro atoms. The molecule has 27 heavy (non-hydrogen) atoms. The summed E-state index contributed by atoms with van der Waals surface area (Å²) in [6.45, 7) is 3.62. The molecule has 0 aliphatic carbocycles. The molecule has 6 nitrogen and oxygen atoms in total. The van der Waals surface area contributed by atoms with Crippen LogP contribution in [0.5, 0.6) is 11.5 Å². The van der Waals surface area contributed by atoms with Crippen LogP contribution in [-0.4, -0.2) is 49.3 Å². The number of nitrogens with one attached hydrogen (secondary N) is 1. The van der Waals surface area contributed by atoms with E-state index >= 15 is 0 Å². The smallest absolute Gasteiger partial charge is 0.335 e. The molecule has 144 valence electrons. The van der Waals surface area contributed by atoms with Gasteiger partial charge in [0.1, 0.15) is 11.5 Å². The average Bonchev–Trinajstić information content (AvgIpc) is 3.13. The number of methoxy groups -OCH3 is 2. The second-order valence-corrected chi connectivity index (χ2v) is 6.82. The summed E-state index contributed by atoms with van der Waals surface area (Å²) in [6, 6.07) is 13.4. The predicted molar refractivity (Wildman–Crippen MR) is 103 cm³/mol. The predicted octanol–water partition coefficient (Wildman–Crippen LogP) is 2.77. The Morgan fingerprint density at radius 3 is 2.37 bits per heavy atom. The van der Waals surface area contributed by atoms with Crippen LogP contribution in [0.2, 0.25) is 0 Å². The first-order valence-corrected chi connectivity index (χ1v) is 9.07. The number of carboxylic acid groups (broad SMARTS) is 1. The second-order valence-electron chi connectivity index (χ2n) is 6.82. The molecular weight excluding hydrogens is 344 g/mol. The number of nitrogens with zero attached hydrogens (tertiary/aromatic N) is 1. The maximum atomic E-state index is 10.9. The van der Waals surface area contributed by atoms with E-state index in [1.807, 2.05) is 30.3 Å². The Hall–Kier alpha value is -2.57. The van der Waals surface area contributed by atoms with Crippen molar-refractivity contribution in [1.82, 2.24) is 10.2 Å². The number of aromatic carboxylic acids is 1. The minimum Gasteiger partial charge on any atom is -0.497 e. The average molecular weight is 370 g/mol. The molecule has 0 saturated carbocycles. The fourth-order valence-electron chi connectivity index (χ4n) is 3.39. The van der Waals surface area contributed by atoms with E-state index in [0.29, 0.717) is 11.6 Å². The van der Waals surface area contributed by atoms with E-state index in [1.165, 1.54) is 5.56 Å². The Labute approximate surface area is 159 Å². The number of hydrogen-bond acceptors (Lipinski definition) is 5. The number of hydrogen-bond donors (Lipinski definition) is 2. The summed E-state index contributed by atoms with van der Waals surface area (Å²) in [5, 5.41) is 12.5. The van der Waals surface area contributed by atoms with Gasteiger partial charge < -0.3 is 19.9 Å². The molecule has 1 aliphatic heterocycles. The lowest BCUT2D eigenvalue weighted by molar-refractivity contribution is 0.0697. The van der Waals surface area contributed by atoms with Crippen molar-refractivity contribution in [2.75, 3.05) is 27.3 Å². The summed E-state index contributed by atoms with van der Waals surface area (Å²) in [4.78, 5) is 13.3. The Balaban J connectivity index is 1.51. The summed E-state index contributed by atoms with van der Waals surface area (Å²) in [5.74, 6) is 0.723. The Bertz CT molecular complexity index is 754. The minimum atomic E-state index is -0.893. The van der Waals surface area contributed by atoms with Crippen LogP contribution in [0.3, 0.4) is 0 Å². The number of carboxylic acids is 1. The summed E-state index contributed by atoms with van der Waals surface area (Å²) >= 11 is 0. The van der Waals surface area contributed by atoms with E-state index in [-0.39, 0.29) is 0 Å². The first kappa shape index (κ1) is 19.2. The van der Waals surface area contributed by atoms with Crippen molar-refractivity contribution in [1.29, 1.82) is 0 Å². The van der Waals surface area contributed by atoms with Crippen molar-refractivity contribution in [2.45, 2.75) is 25.6 Å². The first-order chi connectivity index (χ1) is 13.1. The number of rotatable bonds is 8. The Morgan fingerprint density at radius 1 is 1.11 bits per heavy atom. The Morgan fingerprint density at radius 2 is 1.78 bits per heavy atom. The lowest BCUT2D eigenvalue weighted by Gasteiger charge is -2.18. The van der Waals surface area contributed by atoms with Gasteiger partial charge in [0.25, 0.3) is 0 Å². The fourth-order valence-corrected chi connectivity index (χ4v) is 3.39.